The first-order valence-electron chi connectivity index (χ1n) is 6.09. The van der Waals surface area contributed by atoms with Crippen LogP contribution in [0.25, 0.3) is 11.6 Å². The molecule has 0 aromatic carbocycles. The Bertz CT molecular complexity index is 615. The fourth-order valence-corrected chi connectivity index (χ4v) is 2.24. The number of aromatic nitrogens is 4. The van der Waals surface area contributed by atoms with Crippen molar-refractivity contribution in [1.29, 1.82) is 0 Å². The number of hydrogen-bond acceptors (Lipinski definition) is 5. The summed E-state index contributed by atoms with van der Waals surface area (Å²) in [4.78, 5) is 27.9. The van der Waals surface area contributed by atoms with Gasteiger partial charge in [0.25, 0.3) is 0 Å². The van der Waals surface area contributed by atoms with Crippen LogP contribution in [0.5, 0.6) is 0 Å². The van der Waals surface area contributed by atoms with Crippen molar-refractivity contribution in [3.05, 3.63) is 35.9 Å². The van der Waals surface area contributed by atoms with Crippen LogP contribution in [0.1, 0.15) is 17.7 Å². The Balaban J connectivity index is 1.92. The number of carboxylic acid groups (broad SMARTS) is 1. The molecule has 19 heavy (non-hydrogen) atoms. The van der Waals surface area contributed by atoms with E-state index in [2.05, 4.69) is 19.9 Å². The lowest BCUT2D eigenvalue weighted by molar-refractivity contribution is -0.142. The first kappa shape index (κ1) is 11.7. The maximum atomic E-state index is 11.0. The highest BCUT2D eigenvalue weighted by Gasteiger charge is 2.25. The number of aliphatic carboxylic acids is 1. The van der Waals surface area contributed by atoms with E-state index in [0.717, 1.165) is 11.3 Å². The fourth-order valence-electron chi connectivity index (χ4n) is 2.24. The second-order valence-corrected chi connectivity index (χ2v) is 4.52. The van der Waals surface area contributed by atoms with Crippen molar-refractivity contribution in [2.75, 3.05) is 0 Å². The minimum absolute atomic E-state index is 0.324. The molecule has 0 amide bonds. The Morgan fingerprint density at radius 1 is 1.21 bits per heavy atom. The first-order chi connectivity index (χ1) is 9.24. The lowest BCUT2D eigenvalue weighted by Crippen LogP contribution is -2.23. The molecule has 6 heteroatoms. The van der Waals surface area contributed by atoms with Crippen molar-refractivity contribution < 1.29 is 9.90 Å². The molecule has 1 unspecified atom stereocenters. The third-order valence-corrected chi connectivity index (χ3v) is 3.27. The third-order valence-electron chi connectivity index (χ3n) is 3.27. The summed E-state index contributed by atoms with van der Waals surface area (Å²) in [5, 5.41) is 9.04. The third kappa shape index (κ3) is 2.29. The van der Waals surface area contributed by atoms with Gasteiger partial charge in [0, 0.05) is 24.3 Å². The van der Waals surface area contributed by atoms with Gasteiger partial charge in [-0.25, -0.2) is 19.9 Å². The molecular weight excluding hydrogens is 244 g/mol. The van der Waals surface area contributed by atoms with Gasteiger partial charge < -0.3 is 5.11 Å². The van der Waals surface area contributed by atoms with Gasteiger partial charge in [0.05, 0.1) is 5.92 Å². The van der Waals surface area contributed by atoms with Gasteiger partial charge in [-0.05, 0) is 30.9 Å². The van der Waals surface area contributed by atoms with Crippen LogP contribution >= 0.6 is 0 Å². The van der Waals surface area contributed by atoms with Gasteiger partial charge in [-0.3, -0.25) is 4.79 Å². The number of rotatable bonds is 2. The molecule has 1 N–H and O–H groups in total. The van der Waals surface area contributed by atoms with E-state index in [1.165, 1.54) is 0 Å². The van der Waals surface area contributed by atoms with Crippen molar-refractivity contribution >= 4 is 5.97 Å². The van der Waals surface area contributed by atoms with Crippen LogP contribution in [0.2, 0.25) is 0 Å². The van der Waals surface area contributed by atoms with Crippen molar-refractivity contribution in [1.82, 2.24) is 19.9 Å². The van der Waals surface area contributed by atoms with Crippen LogP contribution in [0.4, 0.5) is 0 Å². The summed E-state index contributed by atoms with van der Waals surface area (Å²) in [7, 11) is 0. The van der Waals surface area contributed by atoms with E-state index in [1.54, 1.807) is 24.7 Å². The van der Waals surface area contributed by atoms with Gasteiger partial charge in [0.15, 0.2) is 11.6 Å². The molecule has 0 saturated heterocycles. The standard InChI is InChI=1S/C13H12N4O2/c18-13(19)8-2-3-10-9(6-8)7-16-12(17-10)11-14-4-1-5-15-11/h1,4-5,7-8H,2-3,6H2,(H,18,19). The lowest BCUT2D eigenvalue weighted by atomic mass is 9.87. The molecule has 0 spiro atoms. The largest absolute Gasteiger partial charge is 0.481 e. The number of carbonyl (C=O) groups is 1. The molecule has 3 rings (SSSR count). The summed E-state index contributed by atoms with van der Waals surface area (Å²) in [6.07, 6.45) is 6.77. The van der Waals surface area contributed by atoms with E-state index in [1.807, 2.05) is 0 Å². The summed E-state index contributed by atoms with van der Waals surface area (Å²) in [5.74, 6) is -0.0881. The van der Waals surface area contributed by atoms with Gasteiger partial charge in [-0.2, -0.15) is 0 Å². The fraction of sp³-hybridized carbons (Fsp3) is 0.308. The minimum Gasteiger partial charge on any atom is -0.481 e. The van der Waals surface area contributed by atoms with Crippen LogP contribution in [0.3, 0.4) is 0 Å². The highest BCUT2D eigenvalue weighted by atomic mass is 16.4. The highest BCUT2D eigenvalue weighted by molar-refractivity contribution is 5.70. The summed E-state index contributed by atoms with van der Waals surface area (Å²) in [5.41, 5.74) is 1.83. The number of carboxylic acids is 1. The zero-order valence-electron chi connectivity index (χ0n) is 10.2. The molecule has 0 radical (unpaired) electrons. The van der Waals surface area contributed by atoms with Crippen molar-refractivity contribution in [3.8, 4) is 11.6 Å². The molecule has 0 bridgehead atoms. The van der Waals surface area contributed by atoms with E-state index in [-0.39, 0.29) is 5.92 Å². The molecule has 1 aliphatic rings. The smallest absolute Gasteiger partial charge is 0.306 e. The SMILES string of the molecule is O=C(O)C1CCc2nc(-c3ncccn3)ncc2C1. The van der Waals surface area contributed by atoms with Gasteiger partial charge in [-0.15, -0.1) is 0 Å². The molecule has 1 aliphatic carbocycles. The lowest BCUT2D eigenvalue weighted by Gasteiger charge is -2.20. The molecule has 6 nitrogen and oxygen atoms in total. The quantitative estimate of drug-likeness (QED) is 0.866. The topological polar surface area (TPSA) is 88.9 Å². The number of hydrogen-bond donors (Lipinski definition) is 1. The van der Waals surface area contributed by atoms with Gasteiger partial charge in [-0.1, -0.05) is 0 Å². The van der Waals surface area contributed by atoms with E-state index >= 15 is 0 Å². The average Bonchev–Trinajstić information content (AvgIpc) is 2.47. The van der Waals surface area contributed by atoms with Crippen LogP contribution in [0, 0.1) is 5.92 Å². The second kappa shape index (κ2) is 4.72. The van der Waals surface area contributed by atoms with Crippen LogP contribution < -0.4 is 0 Å². The van der Waals surface area contributed by atoms with E-state index in [0.29, 0.717) is 30.9 Å². The van der Waals surface area contributed by atoms with E-state index in [4.69, 9.17) is 5.11 Å². The molecule has 1 atom stereocenters. The monoisotopic (exact) mass is 256 g/mol. The summed E-state index contributed by atoms with van der Waals surface area (Å²) in [6, 6.07) is 1.74. The summed E-state index contributed by atoms with van der Waals surface area (Å²) < 4.78 is 0. The second-order valence-electron chi connectivity index (χ2n) is 4.52. The molecule has 0 fully saturated rings. The normalized spacial score (nSPS) is 17.8. The molecule has 0 aliphatic heterocycles. The number of nitrogens with zero attached hydrogens (tertiary/aromatic N) is 4. The predicted molar refractivity (Wildman–Crippen MR) is 66.2 cm³/mol. The Hall–Kier alpha value is -2.37. The zero-order chi connectivity index (χ0) is 13.2. The summed E-state index contributed by atoms with van der Waals surface area (Å²) in [6.45, 7) is 0. The molecule has 2 heterocycles. The Morgan fingerprint density at radius 2 is 2.00 bits per heavy atom. The molecule has 2 aromatic rings. The molecular formula is C13H12N4O2. The van der Waals surface area contributed by atoms with Crippen LogP contribution in [-0.4, -0.2) is 31.0 Å². The minimum atomic E-state index is -0.749. The number of aryl methyl sites for hydroxylation is 1. The van der Waals surface area contributed by atoms with Crippen LogP contribution in [-0.2, 0) is 17.6 Å². The van der Waals surface area contributed by atoms with Gasteiger partial charge in [0.1, 0.15) is 0 Å². The maximum Gasteiger partial charge on any atom is 0.306 e. The Labute approximate surface area is 109 Å². The highest BCUT2D eigenvalue weighted by Crippen LogP contribution is 2.25. The molecule has 2 aromatic heterocycles. The van der Waals surface area contributed by atoms with Gasteiger partial charge >= 0.3 is 5.97 Å². The van der Waals surface area contributed by atoms with Crippen LogP contribution in [0.15, 0.2) is 24.7 Å². The van der Waals surface area contributed by atoms with Crippen molar-refractivity contribution in [2.24, 2.45) is 5.92 Å². The van der Waals surface area contributed by atoms with Crippen molar-refractivity contribution in [3.63, 3.8) is 0 Å². The maximum absolute atomic E-state index is 11.0. The van der Waals surface area contributed by atoms with Crippen molar-refractivity contribution in [2.45, 2.75) is 19.3 Å². The zero-order valence-corrected chi connectivity index (χ0v) is 10.2. The molecule has 96 valence electrons. The predicted octanol–water partition coefficient (Wildman–Crippen LogP) is 1.12. The first-order valence-corrected chi connectivity index (χ1v) is 6.09. The summed E-state index contributed by atoms with van der Waals surface area (Å²) >= 11 is 0. The number of fused-ring (bicyclic) bond motifs is 1. The Kier molecular flexibility index (Phi) is 2.91. The average molecular weight is 256 g/mol. The van der Waals surface area contributed by atoms with Gasteiger partial charge in [0.2, 0.25) is 0 Å². The van der Waals surface area contributed by atoms with E-state index in [9.17, 15) is 4.79 Å². The Morgan fingerprint density at radius 3 is 2.74 bits per heavy atom. The van der Waals surface area contributed by atoms with E-state index < -0.39 is 5.97 Å². The molecule has 0 saturated carbocycles.